The van der Waals surface area contributed by atoms with Crippen LogP contribution in [0.25, 0.3) is 63.2 Å². The van der Waals surface area contributed by atoms with Gasteiger partial charge in [-0.2, -0.15) is 0 Å². The minimum atomic E-state index is 0.781. The van der Waals surface area contributed by atoms with Gasteiger partial charge in [-0.05, 0) is 114 Å². The summed E-state index contributed by atoms with van der Waals surface area (Å²) in [6.45, 7) is 6.75. The van der Waals surface area contributed by atoms with E-state index in [0.717, 1.165) is 51.1 Å². The van der Waals surface area contributed by atoms with Crippen LogP contribution in [-0.2, 0) is 19.3 Å². The van der Waals surface area contributed by atoms with Gasteiger partial charge < -0.3 is 0 Å². The van der Waals surface area contributed by atoms with E-state index in [2.05, 4.69) is 136 Å². The monoisotopic (exact) mass is 722 g/mol. The first-order chi connectivity index (χ1) is 25.1. The summed E-state index contributed by atoms with van der Waals surface area (Å²) < 4.78 is 0. The lowest BCUT2D eigenvalue weighted by molar-refractivity contribution is 0.795. The van der Waals surface area contributed by atoms with Gasteiger partial charge in [0.1, 0.15) is 0 Å². The highest BCUT2D eigenvalue weighted by atomic mass is 32.1. The van der Waals surface area contributed by atoms with Gasteiger partial charge in [0.25, 0.3) is 0 Å². The van der Waals surface area contributed by atoms with Crippen LogP contribution in [0.4, 0.5) is 0 Å². The number of hydrogen-bond donors (Lipinski definition) is 0. The summed E-state index contributed by atoms with van der Waals surface area (Å²) in [4.78, 5) is 17.6. The molecule has 258 valence electrons. The summed E-state index contributed by atoms with van der Waals surface area (Å²) in [7, 11) is 0. The molecule has 3 aromatic carbocycles. The fraction of sp³-hybridized carbons (Fsp3) is 0.261. The predicted molar refractivity (Wildman–Crippen MR) is 224 cm³/mol. The smallest absolute Gasteiger partial charge is 0.170 e. The van der Waals surface area contributed by atoms with Crippen LogP contribution in [0.5, 0.6) is 0 Å². The number of hydrogen-bond acceptors (Lipinski definition) is 5. The van der Waals surface area contributed by atoms with Crippen LogP contribution in [0.2, 0.25) is 0 Å². The van der Waals surface area contributed by atoms with Crippen LogP contribution in [0.1, 0.15) is 76.0 Å². The molecule has 0 aliphatic carbocycles. The summed E-state index contributed by atoms with van der Waals surface area (Å²) in [5.74, 6) is 0.781. The minimum Gasteiger partial charge on any atom is -0.226 e. The van der Waals surface area contributed by atoms with E-state index in [1.54, 1.807) is 34.0 Å². The van der Waals surface area contributed by atoms with Crippen molar-refractivity contribution < 1.29 is 0 Å². The maximum absolute atomic E-state index is 5.22. The average molecular weight is 723 g/mol. The lowest BCUT2D eigenvalue weighted by Gasteiger charge is -2.06. The zero-order chi connectivity index (χ0) is 35.0. The van der Waals surface area contributed by atoms with Crippen molar-refractivity contribution in [3.05, 3.63) is 132 Å². The number of thiophene rings is 3. The second-order valence-corrected chi connectivity index (χ2v) is 16.6. The predicted octanol–water partition coefficient (Wildman–Crippen LogP) is 14.7. The highest BCUT2D eigenvalue weighted by molar-refractivity contribution is 7.19. The molecule has 0 atom stereocenters. The second kappa shape index (κ2) is 16.9. The molecular formula is C46H46N2S3. The molecule has 7 rings (SSSR count). The molecule has 4 aromatic heterocycles. The molecule has 5 heteroatoms. The fourth-order valence-corrected chi connectivity index (χ4v) is 9.22. The van der Waals surface area contributed by atoms with Crippen molar-refractivity contribution >= 4 is 34.0 Å². The van der Waals surface area contributed by atoms with E-state index in [0.29, 0.717) is 0 Å². The van der Waals surface area contributed by atoms with Crippen LogP contribution < -0.4 is 0 Å². The van der Waals surface area contributed by atoms with Gasteiger partial charge in [-0.25, -0.2) is 9.97 Å². The Kier molecular flexibility index (Phi) is 11.7. The van der Waals surface area contributed by atoms with Crippen molar-refractivity contribution in [2.24, 2.45) is 0 Å². The minimum absolute atomic E-state index is 0.781. The Labute approximate surface area is 316 Å². The molecule has 2 nitrogen and oxygen atoms in total. The van der Waals surface area contributed by atoms with E-state index in [9.17, 15) is 0 Å². The van der Waals surface area contributed by atoms with Crippen molar-refractivity contribution in [2.75, 3.05) is 0 Å². The Morgan fingerprint density at radius 1 is 0.373 bits per heavy atom. The maximum Gasteiger partial charge on any atom is 0.170 e. The molecule has 0 saturated heterocycles. The lowest BCUT2D eigenvalue weighted by atomic mass is 10.1. The molecule has 4 heterocycles. The van der Waals surface area contributed by atoms with Gasteiger partial charge in [0.2, 0.25) is 0 Å². The normalized spacial score (nSPS) is 11.4. The third-order valence-corrected chi connectivity index (χ3v) is 12.9. The van der Waals surface area contributed by atoms with Gasteiger partial charge in [-0.1, -0.05) is 113 Å². The molecule has 0 saturated carbocycles. The third-order valence-electron chi connectivity index (χ3n) is 9.44. The molecule has 0 bridgehead atoms. The van der Waals surface area contributed by atoms with Crippen LogP contribution in [0.15, 0.2) is 115 Å². The zero-order valence-corrected chi connectivity index (χ0v) is 32.4. The number of aryl methyl sites for hydroxylation is 3. The number of aromatic nitrogens is 2. The Balaban J connectivity index is 1.22. The maximum atomic E-state index is 5.22. The molecule has 0 amide bonds. The molecule has 0 aliphatic rings. The first-order valence-electron chi connectivity index (χ1n) is 18.6. The van der Waals surface area contributed by atoms with Crippen molar-refractivity contribution in [3.63, 3.8) is 0 Å². The van der Waals surface area contributed by atoms with Crippen LogP contribution in [0.3, 0.4) is 0 Å². The summed E-state index contributed by atoms with van der Waals surface area (Å²) in [6, 6.07) is 42.8. The van der Waals surface area contributed by atoms with Gasteiger partial charge in [-0.3, -0.25) is 0 Å². The highest BCUT2D eigenvalue weighted by Crippen LogP contribution is 2.40. The molecule has 51 heavy (non-hydrogen) atoms. The summed E-state index contributed by atoms with van der Waals surface area (Å²) in [5, 5.41) is 0. The Bertz CT molecular complexity index is 1890. The third kappa shape index (κ3) is 8.66. The van der Waals surface area contributed by atoms with E-state index in [4.69, 9.17) is 9.97 Å². The first kappa shape index (κ1) is 35.3. The Morgan fingerprint density at radius 2 is 0.686 bits per heavy atom. The van der Waals surface area contributed by atoms with Gasteiger partial charge >= 0.3 is 0 Å². The number of unbranched alkanes of at least 4 members (excludes halogenated alkanes) is 3. The van der Waals surface area contributed by atoms with Crippen LogP contribution in [0, 0.1) is 0 Å². The molecule has 7 aromatic rings. The number of rotatable bonds is 15. The number of nitrogens with zero attached hydrogens (tertiary/aromatic N) is 2. The number of benzene rings is 3. The van der Waals surface area contributed by atoms with Crippen molar-refractivity contribution in [3.8, 4) is 63.2 Å². The van der Waals surface area contributed by atoms with Gasteiger partial charge in [-0.15, -0.1) is 34.0 Å². The Hall–Kier alpha value is -4.16. The van der Waals surface area contributed by atoms with Gasteiger partial charge in [0.05, 0.1) is 26.0 Å². The lowest BCUT2D eigenvalue weighted by Crippen LogP contribution is -1.92. The molecular weight excluding hydrogens is 677 g/mol. The van der Waals surface area contributed by atoms with E-state index in [1.165, 1.54) is 86.5 Å². The highest BCUT2D eigenvalue weighted by Gasteiger charge is 2.16. The summed E-state index contributed by atoms with van der Waals surface area (Å²) >= 11 is 5.38. The first-order valence-corrected chi connectivity index (χ1v) is 21.0. The fourth-order valence-electron chi connectivity index (χ4n) is 6.33. The van der Waals surface area contributed by atoms with Gasteiger partial charge in [0, 0.05) is 14.6 Å². The standard InChI is InChI=1S/C46H46N2S3/c1-4-7-10-32-13-19-35(20-14-32)40-25-28-43(49-40)38-31-39(44-29-26-41(50-44)36-21-15-33(16-22-36)11-8-5-2)48-46(47-38)45-30-27-42(51-45)37-23-17-34(18-24-37)12-9-6-3/h13-31H,4-12H2,1-3H3. The largest absolute Gasteiger partial charge is 0.226 e. The Morgan fingerprint density at radius 3 is 1.04 bits per heavy atom. The average Bonchev–Trinajstić information content (AvgIpc) is 3.98. The van der Waals surface area contributed by atoms with E-state index >= 15 is 0 Å². The molecule has 0 unspecified atom stereocenters. The second-order valence-electron chi connectivity index (χ2n) is 13.4. The summed E-state index contributed by atoms with van der Waals surface area (Å²) in [6.07, 6.45) is 10.8. The molecule has 0 spiro atoms. The zero-order valence-electron chi connectivity index (χ0n) is 30.0. The van der Waals surface area contributed by atoms with E-state index < -0.39 is 0 Å². The molecule has 0 N–H and O–H groups in total. The van der Waals surface area contributed by atoms with Crippen molar-refractivity contribution in [1.29, 1.82) is 0 Å². The van der Waals surface area contributed by atoms with E-state index in [1.807, 2.05) is 0 Å². The topological polar surface area (TPSA) is 25.8 Å². The summed E-state index contributed by atoms with van der Waals surface area (Å²) in [5.41, 5.74) is 9.92. The van der Waals surface area contributed by atoms with Crippen LogP contribution >= 0.6 is 34.0 Å². The molecule has 0 radical (unpaired) electrons. The van der Waals surface area contributed by atoms with Crippen molar-refractivity contribution in [1.82, 2.24) is 9.97 Å². The van der Waals surface area contributed by atoms with E-state index in [-0.39, 0.29) is 0 Å². The van der Waals surface area contributed by atoms with Crippen LogP contribution in [-0.4, -0.2) is 9.97 Å². The van der Waals surface area contributed by atoms with Gasteiger partial charge in [0.15, 0.2) is 5.82 Å². The quantitative estimate of drug-likeness (QED) is 0.105. The van der Waals surface area contributed by atoms with Crippen molar-refractivity contribution in [2.45, 2.75) is 78.6 Å². The SMILES string of the molecule is CCCCc1ccc(-c2ccc(-c3cc(-c4ccc(-c5ccc(CCCC)cc5)s4)nc(-c4ccc(-c5ccc(CCCC)cc5)s4)n3)s2)cc1. The molecule has 0 fully saturated rings. The molecule has 0 aliphatic heterocycles.